The van der Waals surface area contributed by atoms with Crippen LogP contribution in [-0.4, -0.2) is 25.5 Å². The highest BCUT2D eigenvalue weighted by Gasteiger charge is 1.95. The Labute approximate surface area is 149 Å². The number of benzene rings is 3. The quantitative estimate of drug-likeness (QED) is 0.435. The van der Waals surface area contributed by atoms with Crippen LogP contribution in [0, 0.1) is 0 Å². The lowest BCUT2D eigenvalue weighted by Gasteiger charge is -2.00. The van der Waals surface area contributed by atoms with Crippen molar-refractivity contribution in [3.8, 4) is 0 Å². The highest BCUT2D eigenvalue weighted by Crippen LogP contribution is 2.21. The van der Waals surface area contributed by atoms with Gasteiger partial charge in [0, 0.05) is 0 Å². The summed E-state index contributed by atoms with van der Waals surface area (Å²) in [7, 11) is 4.11. The fraction of sp³-hybridized carbons (Fsp3) is 0.391. The van der Waals surface area contributed by atoms with E-state index in [0.29, 0.717) is 0 Å². The Bertz CT molecular complexity index is 566. The molecular formula is C23H35N. The molecule has 132 valence electrons. The summed E-state index contributed by atoms with van der Waals surface area (Å²) in [4.78, 5) is 2.12. The van der Waals surface area contributed by atoms with Gasteiger partial charge in [-0.1, -0.05) is 89.6 Å². The Hall–Kier alpha value is -1.86. The number of hydrogen-bond donors (Lipinski definition) is 0. The predicted octanol–water partition coefficient (Wildman–Crippen LogP) is 7.00. The lowest BCUT2D eigenvalue weighted by molar-refractivity contribution is 0.434. The van der Waals surface area contributed by atoms with E-state index in [1.807, 2.05) is 13.8 Å². The van der Waals surface area contributed by atoms with Crippen LogP contribution in [0.2, 0.25) is 0 Å². The third kappa shape index (κ3) is 8.12. The van der Waals surface area contributed by atoms with Gasteiger partial charge in [-0.3, -0.25) is 0 Å². The van der Waals surface area contributed by atoms with E-state index in [0.717, 1.165) is 6.54 Å². The van der Waals surface area contributed by atoms with E-state index in [4.69, 9.17) is 0 Å². The van der Waals surface area contributed by atoms with Gasteiger partial charge in [0.15, 0.2) is 0 Å². The maximum Gasteiger partial charge on any atom is -0.00533 e. The van der Waals surface area contributed by atoms with Gasteiger partial charge in [-0.25, -0.2) is 0 Å². The Balaban J connectivity index is 0.000000449. The summed E-state index contributed by atoms with van der Waals surface area (Å²) in [6.45, 7) is 11.5. The fourth-order valence-corrected chi connectivity index (χ4v) is 1.88. The molecule has 0 bridgehead atoms. The molecule has 3 aromatic rings. The van der Waals surface area contributed by atoms with Crippen LogP contribution in [0.3, 0.4) is 0 Å². The van der Waals surface area contributed by atoms with Gasteiger partial charge >= 0.3 is 0 Å². The molecule has 0 radical (unpaired) electrons. The number of fused-ring (bicyclic) bond motifs is 2. The van der Waals surface area contributed by atoms with E-state index in [1.54, 1.807) is 0 Å². The largest absolute Gasteiger partial charge is 0.310 e. The molecule has 0 saturated carbocycles. The molecule has 0 aliphatic heterocycles. The van der Waals surface area contributed by atoms with Crippen molar-refractivity contribution in [2.45, 2.75) is 41.0 Å². The molecule has 0 N–H and O–H groups in total. The average Bonchev–Trinajstić information content (AvgIpc) is 2.62. The molecule has 0 aliphatic rings. The molecule has 3 aromatic carbocycles. The molecule has 3 rings (SSSR count). The number of hydrogen-bond acceptors (Lipinski definition) is 1. The van der Waals surface area contributed by atoms with E-state index < -0.39 is 0 Å². The van der Waals surface area contributed by atoms with E-state index >= 15 is 0 Å². The molecule has 0 fully saturated rings. The summed E-state index contributed by atoms with van der Waals surface area (Å²) in [5.74, 6) is 0. The second kappa shape index (κ2) is 13.6. The average molecular weight is 326 g/mol. The zero-order valence-corrected chi connectivity index (χ0v) is 16.6. The molecule has 0 aliphatic carbocycles. The van der Waals surface area contributed by atoms with Gasteiger partial charge < -0.3 is 4.90 Å². The van der Waals surface area contributed by atoms with Crippen LogP contribution in [0.15, 0.2) is 60.7 Å². The maximum absolute atomic E-state index is 2.24. The fourth-order valence-electron chi connectivity index (χ4n) is 1.88. The lowest BCUT2D eigenvalue weighted by atomic mass is 10.0. The van der Waals surface area contributed by atoms with Crippen LogP contribution < -0.4 is 0 Å². The highest BCUT2D eigenvalue weighted by atomic mass is 15.0. The Morgan fingerprint density at radius 3 is 1.00 bits per heavy atom. The molecule has 0 amide bonds. The van der Waals surface area contributed by atoms with Gasteiger partial charge in [0.25, 0.3) is 0 Å². The number of rotatable bonds is 1. The van der Waals surface area contributed by atoms with E-state index in [-0.39, 0.29) is 0 Å². The Morgan fingerprint density at radius 2 is 0.833 bits per heavy atom. The van der Waals surface area contributed by atoms with Crippen molar-refractivity contribution >= 4 is 21.5 Å². The van der Waals surface area contributed by atoms with Crippen molar-refractivity contribution in [2.24, 2.45) is 0 Å². The lowest BCUT2D eigenvalue weighted by Crippen LogP contribution is -2.08. The zero-order chi connectivity index (χ0) is 18.4. The molecule has 24 heavy (non-hydrogen) atoms. The van der Waals surface area contributed by atoms with E-state index in [1.165, 1.54) is 28.0 Å². The normalized spacial score (nSPS) is 9.33. The summed E-state index contributed by atoms with van der Waals surface area (Å²) >= 11 is 0. The first-order chi connectivity index (χ1) is 11.6. The van der Waals surface area contributed by atoms with E-state index in [9.17, 15) is 0 Å². The van der Waals surface area contributed by atoms with Crippen LogP contribution in [0.1, 0.15) is 41.0 Å². The van der Waals surface area contributed by atoms with Crippen molar-refractivity contribution in [1.29, 1.82) is 0 Å². The second-order valence-electron chi connectivity index (χ2n) is 5.65. The SMILES string of the molecule is CC.CCC.CCN(C)C.c1ccc2cc3ccccc3cc2c1. The first-order valence-corrected chi connectivity index (χ1v) is 9.14. The summed E-state index contributed by atoms with van der Waals surface area (Å²) in [6.07, 6.45) is 1.25. The summed E-state index contributed by atoms with van der Waals surface area (Å²) in [5, 5.41) is 5.25. The Morgan fingerprint density at radius 1 is 0.625 bits per heavy atom. The summed E-state index contributed by atoms with van der Waals surface area (Å²) < 4.78 is 0. The molecule has 0 spiro atoms. The van der Waals surface area contributed by atoms with Crippen molar-refractivity contribution in [3.63, 3.8) is 0 Å². The third-order valence-electron chi connectivity index (χ3n) is 3.25. The van der Waals surface area contributed by atoms with Gasteiger partial charge in [0.2, 0.25) is 0 Å². The van der Waals surface area contributed by atoms with Gasteiger partial charge in [-0.2, -0.15) is 0 Å². The molecule has 1 nitrogen and oxygen atoms in total. The summed E-state index contributed by atoms with van der Waals surface area (Å²) in [6, 6.07) is 21.4. The topological polar surface area (TPSA) is 3.24 Å². The van der Waals surface area contributed by atoms with Crippen molar-refractivity contribution in [1.82, 2.24) is 4.90 Å². The predicted molar refractivity (Wildman–Crippen MR) is 113 cm³/mol. The highest BCUT2D eigenvalue weighted by molar-refractivity contribution is 5.98. The van der Waals surface area contributed by atoms with Crippen molar-refractivity contribution < 1.29 is 0 Å². The van der Waals surface area contributed by atoms with Gasteiger partial charge in [0.1, 0.15) is 0 Å². The minimum Gasteiger partial charge on any atom is -0.310 e. The smallest absolute Gasteiger partial charge is 0.00533 e. The monoisotopic (exact) mass is 325 g/mol. The second-order valence-corrected chi connectivity index (χ2v) is 5.65. The zero-order valence-electron chi connectivity index (χ0n) is 16.6. The Kier molecular flexibility index (Phi) is 12.5. The molecule has 1 heteroatoms. The number of nitrogens with zero attached hydrogens (tertiary/aromatic N) is 1. The van der Waals surface area contributed by atoms with E-state index in [2.05, 4.69) is 100 Å². The molecule has 0 atom stereocenters. The van der Waals surface area contributed by atoms with Gasteiger partial charge in [-0.15, -0.1) is 0 Å². The molecular weight excluding hydrogens is 290 g/mol. The first kappa shape index (κ1) is 22.1. The minimum atomic E-state index is 1.14. The minimum absolute atomic E-state index is 1.14. The van der Waals surface area contributed by atoms with Gasteiger partial charge in [-0.05, 0) is 54.3 Å². The maximum atomic E-state index is 2.24. The third-order valence-corrected chi connectivity index (χ3v) is 3.25. The van der Waals surface area contributed by atoms with Crippen molar-refractivity contribution in [3.05, 3.63) is 60.7 Å². The first-order valence-electron chi connectivity index (χ1n) is 9.14. The molecule has 0 aromatic heterocycles. The van der Waals surface area contributed by atoms with Crippen LogP contribution in [0.5, 0.6) is 0 Å². The molecule has 0 unspecified atom stereocenters. The van der Waals surface area contributed by atoms with Crippen LogP contribution in [-0.2, 0) is 0 Å². The standard InChI is InChI=1S/C14H10.C4H11N.C3H8.C2H6/c1-2-6-12-10-14-8-4-3-7-13(14)9-11(12)5-1;1-4-5(2)3;1-3-2;1-2/h1-10H;4H2,1-3H3;3H2,1-2H3;1-2H3. The molecule has 0 saturated heterocycles. The van der Waals surface area contributed by atoms with Crippen LogP contribution in [0.4, 0.5) is 0 Å². The summed E-state index contributed by atoms with van der Waals surface area (Å²) in [5.41, 5.74) is 0. The van der Waals surface area contributed by atoms with Crippen LogP contribution >= 0.6 is 0 Å². The molecule has 0 heterocycles. The van der Waals surface area contributed by atoms with Crippen LogP contribution in [0.25, 0.3) is 21.5 Å². The van der Waals surface area contributed by atoms with Crippen molar-refractivity contribution in [2.75, 3.05) is 20.6 Å². The van der Waals surface area contributed by atoms with Gasteiger partial charge in [0.05, 0.1) is 0 Å².